The number of nitrogens with zero attached hydrogens (tertiary/aromatic N) is 1. The number of benzene rings is 8. The van der Waals surface area contributed by atoms with Gasteiger partial charge in [-0.3, -0.25) is 0 Å². The fourth-order valence-electron chi connectivity index (χ4n) is 8.21. The van der Waals surface area contributed by atoms with Crippen molar-refractivity contribution >= 4 is 70.1 Å². The van der Waals surface area contributed by atoms with Crippen molar-refractivity contribution in [3.05, 3.63) is 175 Å². The molecule has 1 heterocycles. The molecule has 2 heteroatoms. The van der Waals surface area contributed by atoms with Crippen molar-refractivity contribution in [1.29, 1.82) is 0 Å². The van der Waals surface area contributed by atoms with Crippen LogP contribution >= 0.6 is 11.3 Å². The van der Waals surface area contributed by atoms with E-state index in [9.17, 15) is 0 Å². The van der Waals surface area contributed by atoms with Gasteiger partial charge in [-0.2, -0.15) is 0 Å². The van der Waals surface area contributed by atoms with E-state index in [0.717, 1.165) is 11.4 Å². The zero-order valence-corrected chi connectivity index (χ0v) is 28.3. The molecule has 0 saturated carbocycles. The summed E-state index contributed by atoms with van der Waals surface area (Å²) in [6, 6.07) is 60.8. The molecule has 232 valence electrons. The Morgan fingerprint density at radius 3 is 2.00 bits per heavy atom. The van der Waals surface area contributed by atoms with Crippen LogP contribution in [0, 0.1) is 0 Å². The first-order valence-corrected chi connectivity index (χ1v) is 17.8. The van der Waals surface area contributed by atoms with E-state index in [4.69, 9.17) is 0 Å². The normalized spacial score (nSPS) is 13.3. The third-order valence-corrected chi connectivity index (χ3v) is 11.8. The molecule has 0 amide bonds. The lowest BCUT2D eigenvalue weighted by atomic mass is 9.82. The Balaban J connectivity index is 1.21. The number of anilines is 3. The molecule has 1 nitrogen and oxygen atoms in total. The van der Waals surface area contributed by atoms with Gasteiger partial charge in [-0.1, -0.05) is 129 Å². The topological polar surface area (TPSA) is 3.24 Å². The van der Waals surface area contributed by atoms with Gasteiger partial charge in [0.1, 0.15) is 0 Å². The first kappa shape index (κ1) is 28.3. The van der Waals surface area contributed by atoms with Gasteiger partial charge in [0.15, 0.2) is 0 Å². The van der Waals surface area contributed by atoms with Gasteiger partial charge in [-0.15, -0.1) is 11.3 Å². The average Bonchev–Trinajstić information content (AvgIpc) is 3.63. The second-order valence-electron chi connectivity index (χ2n) is 13.8. The summed E-state index contributed by atoms with van der Waals surface area (Å²) in [5.74, 6) is 0. The Morgan fingerprint density at radius 2 is 1.10 bits per heavy atom. The molecule has 0 fully saturated rings. The second-order valence-corrected chi connectivity index (χ2v) is 14.8. The highest BCUT2D eigenvalue weighted by molar-refractivity contribution is 7.25. The van der Waals surface area contributed by atoms with Gasteiger partial charge in [0.25, 0.3) is 0 Å². The average molecular weight is 644 g/mol. The molecular weight excluding hydrogens is 611 g/mol. The van der Waals surface area contributed by atoms with Gasteiger partial charge < -0.3 is 4.90 Å². The van der Waals surface area contributed by atoms with Crippen LogP contribution in [0.5, 0.6) is 0 Å². The van der Waals surface area contributed by atoms with Crippen LogP contribution in [0.15, 0.2) is 164 Å². The summed E-state index contributed by atoms with van der Waals surface area (Å²) in [5.41, 5.74) is 11.3. The number of rotatable bonds is 4. The van der Waals surface area contributed by atoms with Gasteiger partial charge in [0, 0.05) is 42.3 Å². The van der Waals surface area contributed by atoms with E-state index >= 15 is 0 Å². The predicted octanol–water partition coefficient (Wildman–Crippen LogP) is 13.8. The quantitative estimate of drug-likeness (QED) is 0.173. The van der Waals surface area contributed by atoms with Gasteiger partial charge in [0.2, 0.25) is 0 Å². The van der Waals surface area contributed by atoms with Crippen molar-refractivity contribution in [2.75, 3.05) is 4.90 Å². The molecular formula is C47H33NS. The molecule has 0 unspecified atom stereocenters. The van der Waals surface area contributed by atoms with Gasteiger partial charge in [-0.05, 0) is 98.1 Å². The SMILES string of the molecule is CC1(C)c2ccccc2-c2ccc(N(c3cccc(-c4ccc5sc6ccccc6c5c4)c3)c3cc4ccccc4c4ccccc34)cc21. The zero-order valence-electron chi connectivity index (χ0n) is 27.4. The highest BCUT2D eigenvalue weighted by Crippen LogP contribution is 2.51. The Labute approximate surface area is 290 Å². The molecule has 0 N–H and O–H groups in total. The summed E-state index contributed by atoms with van der Waals surface area (Å²) in [6.45, 7) is 4.73. The summed E-state index contributed by atoms with van der Waals surface area (Å²) in [7, 11) is 0. The Hall–Kier alpha value is -5.70. The summed E-state index contributed by atoms with van der Waals surface area (Å²) < 4.78 is 2.66. The van der Waals surface area contributed by atoms with E-state index in [0.29, 0.717) is 0 Å². The van der Waals surface area contributed by atoms with E-state index in [-0.39, 0.29) is 5.41 Å². The molecule has 9 aromatic rings. The molecule has 0 aliphatic heterocycles. The molecule has 49 heavy (non-hydrogen) atoms. The number of fused-ring (bicyclic) bond motifs is 9. The van der Waals surface area contributed by atoms with E-state index < -0.39 is 0 Å². The molecule has 8 aromatic carbocycles. The maximum Gasteiger partial charge on any atom is 0.0546 e. The highest BCUT2D eigenvalue weighted by atomic mass is 32.1. The molecule has 0 saturated heterocycles. The molecule has 0 spiro atoms. The lowest BCUT2D eigenvalue weighted by Crippen LogP contribution is -2.16. The summed E-state index contributed by atoms with van der Waals surface area (Å²) in [4.78, 5) is 2.48. The smallest absolute Gasteiger partial charge is 0.0546 e. The molecule has 0 bridgehead atoms. The lowest BCUT2D eigenvalue weighted by Gasteiger charge is -2.30. The molecule has 0 atom stereocenters. The van der Waals surface area contributed by atoms with Crippen molar-refractivity contribution in [2.45, 2.75) is 19.3 Å². The number of thiophene rings is 1. The fourth-order valence-corrected chi connectivity index (χ4v) is 9.29. The van der Waals surface area contributed by atoms with Crippen LogP contribution in [0.4, 0.5) is 17.1 Å². The van der Waals surface area contributed by atoms with Gasteiger partial charge >= 0.3 is 0 Å². The van der Waals surface area contributed by atoms with Crippen LogP contribution in [-0.2, 0) is 5.41 Å². The Bertz CT molecular complexity index is 2770. The van der Waals surface area contributed by atoms with Crippen molar-refractivity contribution in [3.63, 3.8) is 0 Å². The maximum atomic E-state index is 2.48. The monoisotopic (exact) mass is 643 g/mol. The number of hydrogen-bond donors (Lipinski definition) is 0. The Morgan fingerprint density at radius 1 is 0.429 bits per heavy atom. The first-order valence-electron chi connectivity index (χ1n) is 17.0. The summed E-state index contributed by atoms with van der Waals surface area (Å²) in [5, 5.41) is 7.66. The highest BCUT2D eigenvalue weighted by Gasteiger charge is 2.35. The second kappa shape index (κ2) is 10.7. The standard InChI is InChI=1S/C47H33NS/c1-47(2)42-20-9-7-17-37(42)38-24-23-34(29-43(38)47)48(44-28-32-12-3-4-15-35(32)36-16-5-6-18-39(36)44)33-14-11-13-30(26-33)31-22-25-46-41(27-31)40-19-8-10-21-45(40)49-46/h3-29H,1-2H3. The third-order valence-electron chi connectivity index (χ3n) is 10.6. The first-order chi connectivity index (χ1) is 24.0. The fraction of sp³-hybridized carbons (Fsp3) is 0.0638. The van der Waals surface area contributed by atoms with E-state index in [1.54, 1.807) is 0 Å². The van der Waals surface area contributed by atoms with Gasteiger partial charge in [0.05, 0.1) is 5.69 Å². The predicted molar refractivity (Wildman–Crippen MR) is 212 cm³/mol. The molecule has 0 radical (unpaired) electrons. The van der Waals surface area contributed by atoms with Crippen molar-refractivity contribution in [2.24, 2.45) is 0 Å². The van der Waals surface area contributed by atoms with Crippen LogP contribution in [0.3, 0.4) is 0 Å². The van der Waals surface area contributed by atoms with Crippen LogP contribution in [0.1, 0.15) is 25.0 Å². The minimum atomic E-state index is -0.0976. The zero-order chi connectivity index (χ0) is 32.7. The minimum absolute atomic E-state index is 0.0976. The maximum absolute atomic E-state index is 2.48. The third kappa shape index (κ3) is 4.31. The minimum Gasteiger partial charge on any atom is -0.310 e. The summed E-state index contributed by atoms with van der Waals surface area (Å²) >= 11 is 1.87. The van der Waals surface area contributed by atoms with Crippen LogP contribution in [0.25, 0.3) is 64.0 Å². The van der Waals surface area contributed by atoms with Crippen molar-refractivity contribution < 1.29 is 0 Å². The van der Waals surface area contributed by atoms with Crippen molar-refractivity contribution in [3.8, 4) is 22.3 Å². The van der Waals surface area contributed by atoms with Crippen molar-refractivity contribution in [1.82, 2.24) is 0 Å². The van der Waals surface area contributed by atoms with E-state index in [1.807, 2.05) is 11.3 Å². The summed E-state index contributed by atoms with van der Waals surface area (Å²) in [6.07, 6.45) is 0. The molecule has 10 rings (SSSR count). The lowest BCUT2D eigenvalue weighted by molar-refractivity contribution is 0.660. The molecule has 1 aliphatic rings. The molecule has 1 aliphatic carbocycles. The Kier molecular flexibility index (Phi) is 6.16. The largest absolute Gasteiger partial charge is 0.310 e. The number of hydrogen-bond acceptors (Lipinski definition) is 2. The van der Waals surface area contributed by atoms with Gasteiger partial charge in [-0.25, -0.2) is 0 Å². The van der Waals surface area contributed by atoms with E-state index in [2.05, 4.69) is 183 Å². The molecule has 1 aromatic heterocycles. The van der Waals surface area contributed by atoms with Crippen LogP contribution < -0.4 is 4.90 Å². The van der Waals surface area contributed by atoms with Crippen LogP contribution in [0.2, 0.25) is 0 Å². The van der Waals surface area contributed by atoms with E-state index in [1.165, 1.54) is 80.8 Å². The van der Waals surface area contributed by atoms with Crippen LogP contribution in [-0.4, -0.2) is 0 Å².